The maximum atomic E-state index is 13.0. The molecule has 4 aromatic rings. The summed E-state index contributed by atoms with van der Waals surface area (Å²) in [6.07, 6.45) is 6.37. The molecule has 9 heteroatoms. The van der Waals surface area contributed by atoms with Crippen molar-refractivity contribution in [3.8, 4) is 17.1 Å². The van der Waals surface area contributed by atoms with Crippen LogP contribution in [0.25, 0.3) is 22.3 Å². The van der Waals surface area contributed by atoms with Gasteiger partial charge in [0, 0.05) is 68.6 Å². The number of H-pyrrole nitrogens is 1. The number of aromatic nitrogens is 4. The fourth-order valence-electron chi connectivity index (χ4n) is 5.00. The summed E-state index contributed by atoms with van der Waals surface area (Å²) in [7, 11) is 2.08. The van der Waals surface area contributed by atoms with Gasteiger partial charge in [-0.3, -0.25) is 9.78 Å². The second-order valence-electron chi connectivity index (χ2n) is 10.1. The van der Waals surface area contributed by atoms with Crippen LogP contribution < -0.4 is 4.74 Å². The number of piperazine rings is 1. The number of pyridine rings is 1. The Morgan fingerprint density at radius 3 is 2.76 bits per heavy atom. The summed E-state index contributed by atoms with van der Waals surface area (Å²) in [6, 6.07) is 13.7. The molecule has 0 saturated carbocycles. The van der Waals surface area contributed by atoms with Gasteiger partial charge < -0.3 is 24.3 Å². The van der Waals surface area contributed by atoms with E-state index in [0.717, 1.165) is 79.2 Å². The lowest BCUT2D eigenvalue weighted by molar-refractivity contribution is 0.0659. The summed E-state index contributed by atoms with van der Waals surface area (Å²) in [4.78, 5) is 34.2. The van der Waals surface area contributed by atoms with Crippen LogP contribution in [0.1, 0.15) is 34.7 Å². The molecule has 1 atom stereocenters. The SMILES string of the molecule is CN1CCN(C(=O)c2cc3cc(Cc4nccc(-c5cc(OC[C@H]6CCCO6)ccn5)n4)ccc3[nH]2)CC1. The summed E-state index contributed by atoms with van der Waals surface area (Å²) in [5.74, 6) is 1.52. The second kappa shape index (κ2) is 10.9. The normalized spacial score (nSPS) is 18.2. The van der Waals surface area contributed by atoms with Crippen LogP contribution in [-0.4, -0.2) is 88.2 Å². The molecule has 2 aliphatic heterocycles. The van der Waals surface area contributed by atoms with E-state index in [0.29, 0.717) is 24.5 Å². The molecule has 0 radical (unpaired) electrons. The molecular formula is C29H32N6O3. The Balaban J connectivity index is 1.15. The highest BCUT2D eigenvalue weighted by Crippen LogP contribution is 2.23. The van der Waals surface area contributed by atoms with Crippen molar-refractivity contribution in [1.82, 2.24) is 29.7 Å². The van der Waals surface area contributed by atoms with E-state index in [4.69, 9.17) is 14.5 Å². The number of likely N-dealkylation sites (N-methyl/N-ethyl adjacent to an activating group) is 1. The first kappa shape index (κ1) is 24.5. The first-order valence-electron chi connectivity index (χ1n) is 13.2. The molecule has 2 fully saturated rings. The second-order valence-corrected chi connectivity index (χ2v) is 10.1. The lowest BCUT2D eigenvalue weighted by Crippen LogP contribution is -2.47. The predicted molar refractivity (Wildman–Crippen MR) is 144 cm³/mol. The van der Waals surface area contributed by atoms with E-state index < -0.39 is 0 Å². The van der Waals surface area contributed by atoms with E-state index >= 15 is 0 Å². The van der Waals surface area contributed by atoms with Gasteiger partial charge in [0.25, 0.3) is 5.91 Å². The number of hydrogen-bond donors (Lipinski definition) is 1. The van der Waals surface area contributed by atoms with E-state index in [2.05, 4.69) is 39.0 Å². The largest absolute Gasteiger partial charge is 0.491 e. The minimum Gasteiger partial charge on any atom is -0.491 e. The van der Waals surface area contributed by atoms with Crippen molar-refractivity contribution < 1.29 is 14.3 Å². The van der Waals surface area contributed by atoms with Gasteiger partial charge in [0.05, 0.1) is 17.5 Å². The van der Waals surface area contributed by atoms with Crippen molar-refractivity contribution in [3.05, 3.63) is 71.9 Å². The van der Waals surface area contributed by atoms with E-state index in [-0.39, 0.29) is 12.0 Å². The Kier molecular flexibility index (Phi) is 7.02. The van der Waals surface area contributed by atoms with E-state index in [1.807, 2.05) is 35.2 Å². The lowest BCUT2D eigenvalue weighted by Gasteiger charge is -2.32. The monoisotopic (exact) mass is 512 g/mol. The van der Waals surface area contributed by atoms with Crippen LogP contribution in [0.4, 0.5) is 0 Å². The maximum absolute atomic E-state index is 13.0. The summed E-state index contributed by atoms with van der Waals surface area (Å²) in [6.45, 7) is 4.66. The third-order valence-electron chi connectivity index (χ3n) is 7.23. The number of fused-ring (bicyclic) bond motifs is 1. The molecule has 38 heavy (non-hydrogen) atoms. The standard InChI is InChI=1S/C29H32N6O3/c1-34-10-12-35(13-11-34)29(36)27-17-21-15-20(4-5-24(21)32-27)16-28-31-9-7-25(33-28)26-18-22(6-8-30-26)38-19-23-3-2-14-37-23/h4-9,15,17-18,23,32H,2-3,10-14,16,19H2,1H3/t23-/m1/s1. The maximum Gasteiger partial charge on any atom is 0.270 e. The third-order valence-corrected chi connectivity index (χ3v) is 7.23. The molecule has 5 heterocycles. The fourth-order valence-corrected chi connectivity index (χ4v) is 5.00. The molecular weight excluding hydrogens is 480 g/mol. The van der Waals surface area contributed by atoms with E-state index in [1.54, 1.807) is 12.4 Å². The first-order chi connectivity index (χ1) is 18.6. The highest BCUT2D eigenvalue weighted by Gasteiger charge is 2.22. The first-order valence-corrected chi connectivity index (χ1v) is 13.2. The Labute approximate surface area is 221 Å². The van der Waals surface area contributed by atoms with Crippen LogP contribution in [0.5, 0.6) is 5.75 Å². The van der Waals surface area contributed by atoms with Gasteiger partial charge in [-0.1, -0.05) is 6.07 Å². The zero-order valence-electron chi connectivity index (χ0n) is 21.6. The molecule has 2 saturated heterocycles. The van der Waals surface area contributed by atoms with Gasteiger partial charge in [0.1, 0.15) is 23.9 Å². The van der Waals surface area contributed by atoms with Crippen molar-refractivity contribution in [2.75, 3.05) is 46.4 Å². The Bertz CT molecular complexity index is 1420. The van der Waals surface area contributed by atoms with Gasteiger partial charge in [-0.05, 0) is 55.8 Å². The van der Waals surface area contributed by atoms with Crippen molar-refractivity contribution in [2.45, 2.75) is 25.4 Å². The average molecular weight is 513 g/mol. The number of amides is 1. The van der Waals surface area contributed by atoms with E-state index in [9.17, 15) is 4.79 Å². The minimum absolute atomic E-state index is 0.0568. The number of carbonyl (C=O) groups is 1. The molecule has 9 nitrogen and oxygen atoms in total. The lowest BCUT2D eigenvalue weighted by atomic mass is 10.1. The molecule has 2 aliphatic rings. The van der Waals surface area contributed by atoms with Crippen LogP contribution in [0.3, 0.4) is 0 Å². The van der Waals surface area contributed by atoms with Crippen LogP contribution >= 0.6 is 0 Å². The zero-order chi connectivity index (χ0) is 25.9. The van der Waals surface area contributed by atoms with Crippen LogP contribution in [-0.2, 0) is 11.2 Å². The Hall–Kier alpha value is -3.82. The molecule has 0 aliphatic carbocycles. The zero-order valence-corrected chi connectivity index (χ0v) is 21.6. The van der Waals surface area contributed by atoms with Crippen molar-refractivity contribution in [3.63, 3.8) is 0 Å². The molecule has 0 spiro atoms. The molecule has 0 bridgehead atoms. The van der Waals surface area contributed by atoms with Gasteiger partial charge in [-0.15, -0.1) is 0 Å². The van der Waals surface area contributed by atoms with Crippen LogP contribution in [0.2, 0.25) is 0 Å². The Morgan fingerprint density at radius 1 is 1.05 bits per heavy atom. The number of nitrogens with zero attached hydrogens (tertiary/aromatic N) is 5. The number of ether oxygens (including phenoxy) is 2. The predicted octanol–water partition coefficient (Wildman–Crippen LogP) is 3.56. The summed E-state index contributed by atoms with van der Waals surface area (Å²) in [5, 5.41) is 1.01. The van der Waals surface area contributed by atoms with Crippen molar-refractivity contribution >= 4 is 16.8 Å². The number of rotatable bonds is 7. The molecule has 1 amide bonds. The number of hydrogen-bond acceptors (Lipinski definition) is 7. The molecule has 3 aromatic heterocycles. The third kappa shape index (κ3) is 5.54. The van der Waals surface area contributed by atoms with Gasteiger partial charge >= 0.3 is 0 Å². The summed E-state index contributed by atoms with van der Waals surface area (Å²) < 4.78 is 11.6. The fraction of sp³-hybridized carbons (Fsp3) is 0.379. The number of carbonyl (C=O) groups excluding carboxylic acids is 1. The smallest absolute Gasteiger partial charge is 0.270 e. The summed E-state index contributed by atoms with van der Waals surface area (Å²) in [5.41, 5.74) is 4.15. The highest BCUT2D eigenvalue weighted by atomic mass is 16.5. The molecule has 1 N–H and O–H groups in total. The topological polar surface area (TPSA) is 96.5 Å². The summed E-state index contributed by atoms with van der Waals surface area (Å²) >= 11 is 0. The molecule has 1 aromatic carbocycles. The van der Waals surface area contributed by atoms with Gasteiger partial charge in [0.15, 0.2) is 0 Å². The van der Waals surface area contributed by atoms with Gasteiger partial charge in [0.2, 0.25) is 0 Å². The molecule has 6 rings (SSSR count). The highest BCUT2D eigenvalue weighted by molar-refractivity contribution is 5.98. The minimum atomic E-state index is 0.0568. The van der Waals surface area contributed by atoms with Crippen LogP contribution in [0, 0.1) is 0 Å². The van der Waals surface area contributed by atoms with Crippen molar-refractivity contribution in [1.29, 1.82) is 0 Å². The van der Waals surface area contributed by atoms with Crippen molar-refractivity contribution in [2.24, 2.45) is 0 Å². The van der Waals surface area contributed by atoms with Gasteiger partial charge in [-0.25, -0.2) is 9.97 Å². The number of aromatic amines is 1. The molecule has 196 valence electrons. The average Bonchev–Trinajstić information content (AvgIpc) is 3.62. The van der Waals surface area contributed by atoms with E-state index in [1.165, 1.54) is 0 Å². The number of benzene rings is 1. The molecule has 0 unspecified atom stereocenters. The Morgan fingerprint density at radius 2 is 1.92 bits per heavy atom. The van der Waals surface area contributed by atoms with Crippen LogP contribution in [0.15, 0.2) is 54.9 Å². The number of nitrogens with one attached hydrogen (secondary N) is 1. The quantitative estimate of drug-likeness (QED) is 0.405. The van der Waals surface area contributed by atoms with Gasteiger partial charge in [-0.2, -0.15) is 0 Å².